The van der Waals surface area contributed by atoms with Gasteiger partial charge in [-0.3, -0.25) is 4.79 Å². The Morgan fingerprint density at radius 2 is 1.89 bits per heavy atom. The van der Waals surface area contributed by atoms with Crippen LogP contribution in [0.1, 0.15) is 41.7 Å². The predicted octanol–water partition coefficient (Wildman–Crippen LogP) is 2.38. The van der Waals surface area contributed by atoms with Crippen molar-refractivity contribution >= 4 is 15.9 Å². The Morgan fingerprint density at radius 1 is 1.21 bits per heavy atom. The largest absolute Gasteiger partial charge is 0.491 e. The molecule has 2 aromatic carbocycles. The maximum absolute atomic E-state index is 12.4. The van der Waals surface area contributed by atoms with Gasteiger partial charge in [-0.25, -0.2) is 13.6 Å². The predicted molar refractivity (Wildman–Crippen MR) is 105 cm³/mol. The van der Waals surface area contributed by atoms with Gasteiger partial charge >= 0.3 is 0 Å². The SMILES string of the molecule is C[C@H](NC(=O)c1ccc(OC[C@H]2CCCO2)cc1)c1ccc(S(N)(=O)=O)cc1. The summed E-state index contributed by atoms with van der Waals surface area (Å²) in [7, 11) is -3.73. The fourth-order valence-corrected chi connectivity index (χ4v) is 3.49. The molecule has 28 heavy (non-hydrogen) atoms. The first kappa shape index (κ1) is 20.3. The number of nitrogens with two attached hydrogens (primary N) is 1. The molecule has 7 nitrogen and oxygen atoms in total. The number of ether oxygens (including phenoxy) is 2. The average Bonchev–Trinajstić information content (AvgIpc) is 3.20. The third-order valence-corrected chi connectivity index (χ3v) is 5.56. The number of hydrogen-bond donors (Lipinski definition) is 2. The van der Waals surface area contributed by atoms with E-state index in [0.717, 1.165) is 25.0 Å². The first-order valence-electron chi connectivity index (χ1n) is 9.11. The van der Waals surface area contributed by atoms with Crippen molar-refractivity contribution in [3.8, 4) is 5.75 Å². The second-order valence-electron chi connectivity index (χ2n) is 6.78. The van der Waals surface area contributed by atoms with Gasteiger partial charge < -0.3 is 14.8 Å². The lowest BCUT2D eigenvalue weighted by molar-refractivity contribution is 0.0679. The van der Waals surface area contributed by atoms with Crippen LogP contribution in [0.3, 0.4) is 0 Å². The van der Waals surface area contributed by atoms with Gasteiger partial charge in [0.1, 0.15) is 12.4 Å². The molecule has 1 aliphatic heterocycles. The topological polar surface area (TPSA) is 108 Å². The van der Waals surface area contributed by atoms with Crippen molar-refractivity contribution in [1.82, 2.24) is 5.32 Å². The maximum atomic E-state index is 12.4. The number of sulfonamides is 1. The van der Waals surface area contributed by atoms with Crippen molar-refractivity contribution in [1.29, 1.82) is 0 Å². The maximum Gasteiger partial charge on any atom is 0.251 e. The molecule has 150 valence electrons. The summed E-state index contributed by atoms with van der Waals surface area (Å²) in [5, 5.41) is 7.98. The van der Waals surface area contributed by atoms with E-state index in [4.69, 9.17) is 14.6 Å². The summed E-state index contributed by atoms with van der Waals surface area (Å²) in [4.78, 5) is 12.5. The number of hydrogen-bond acceptors (Lipinski definition) is 5. The van der Waals surface area contributed by atoms with Crippen LogP contribution in [0.2, 0.25) is 0 Å². The molecule has 1 fully saturated rings. The molecule has 0 aliphatic carbocycles. The Hall–Kier alpha value is -2.42. The van der Waals surface area contributed by atoms with E-state index in [1.165, 1.54) is 12.1 Å². The van der Waals surface area contributed by atoms with Crippen LogP contribution >= 0.6 is 0 Å². The molecule has 1 amide bonds. The Balaban J connectivity index is 1.56. The van der Waals surface area contributed by atoms with Gasteiger partial charge in [0.25, 0.3) is 5.91 Å². The first-order valence-corrected chi connectivity index (χ1v) is 10.7. The van der Waals surface area contributed by atoms with Gasteiger partial charge in [-0.05, 0) is 61.7 Å². The van der Waals surface area contributed by atoms with Gasteiger partial charge in [0.05, 0.1) is 17.0 Å². The molecule has 8 heteroatoms. The number of carbonyl (C=O) groups excluding carboxylic acids is 1. The van der Waals surface area contributed by atoms with Gasteiger partial charge in [0, 0.05) is 12.2 Å². The molecule has 0 bridgehead atoms. The molecule has 0 spiro atoms. The van der Waals surface area contributed by atoms with Crippen molar-refractivity contribution in [3.05, 3.63) is 59.7 Å². The zero-order valence-corrected chi connectivity index (χ0v) is 16.4. The molecule has 0 unspecified atom stereocenters. The molecular weight excluding hydrogens is 380 g/mol. The van der Waals surface area contributed by atoms with E-state index in [2.05, 4.69) is 5.32 Å². The van der Waals surface area contributed by atoms with E-state index < -0.39 is 10.0 Å². The Bertz CT molecular complexity index is 905. The third kappa shape index (κ3) is 5.31. The highest BCUT2D eigenvalue weighted by Gasteiger charge is 2.16. The summed E-state index contributed by atoms with van der Waals surface area (Å²) < 4.78 is 33.8. The summed E-state index contributed by atoms with van der Waals surface area (Å²) in [5.74, 6) is 0.465. The van der Waals surface area contributed by atoms with E-state index in [1.54, 1.807) is 36.4 Å². The standard InChI is InChI=1S/C20H24N2O5S/c1-14(15-6-10-19(11-7-15)28(21,24)25)22-20(23)16-4-8-17(9-5-16)27-13-18-3-2-12-26-18/h4-11,14,18H,2-3,12-13H2,1H3,(H,22,23)(H2,21,24,25)/t14-,18+/m0/s1. The van der Waals surface area contributed by atoms with Crippen LogP contribution in [-0.2, 0) is 14.8 Å². The van der Waals surface area contributed by atoms with E-state index >= 15 is 0 Å². The third-order valence-electron chi connectivity index (χ3n) is 4.63. The Kier molecular flexibility index (Phi) is 6.33. The molecule has 1 saturated heterocycles. The first-order chi connectivity index (χ1) is 13.3. The van der Waals surface area contributed by atoms with Crippen molar-refractivity contribution in [2.75, 3.05) is 13.2 Å². The fourth-order valence-electron chi connectivity index (χ4n) is 2.98. The Morgan fingerprint density at radius 3 is 2.46 bits per heavy atom. The van der Waals surface area contributed by atoms with Gasteiger partial charge in [0.15, 0.2) is 0 Å². The molecular formula is C20H24N2O5S. The highest BCUT2D eigenvalue weighted by Crippen LogP contribution is 2.19. The fraction of sp³-hybridized carbons (Fsp3) is 0.350. The number of nitrogens with one attached hydrogen (secondary N) is 1. The molecule has 3 rings (SSSR count). The minimum atomic E-state index is -3.73. The van der Waals surface area contributed by atoms with Crippen LogP contribution < -0.4 is 15.2 Å². The smallest absolute Gasteiger partial charge is 0.251 e. The zero-order chi connectivity index (χ0) is 20.1. The van der Waals surface area contributed by atoms with Crippen LogP contribution in [0.25, 0.3) is 0 Å². The van der Waals surface area contributed by atoms with Crippen LogP contribution in [0.5, 0.6) is 5.75 Å². The van der Waals surface area contributed by atoms with Crippen molar-refractivity contribution in [3.63, 3.8) is 0 Å². The summed E-state index contributed by atoms with van der Waals surface area (Å²) in [6.07, 6.45) is 2.22. The zero-order valence-electron chi connectivity index (χ0n) is 15.6. The van der Waals surface area contributed by atoms with Crippen LogP contribution in [-0.4, -0.2) is 33.6 Å². The van der Waals surface area contributed by atoms with Crippen molar-refractivity contribution in [2.24, 2.45) is 5.14 Å². The number of amides is 1. The number of carbonyl (C=O) groups is 1. The van der Waals surface area contributed by atoms with Crippen LogP contribution in [0.4, 0.5) is 0 Å². The molecule has 0 saturated carbocycles. The Labute approximate surface area is 164 Å². The summed E-state index contributed by atoms with van der Waals surface area (Å²) >= 11 is 0. The minimum Gasteiger partial charge on any atom is -0.491 e. The normalized spacial score (nSPS) is 17.9. The van der Waals surface area contributed by atoms with Crippen LogP contribution in [0, 0.1) is 0 Å². The highest BCUT2D eigenvalue weighted by molar-refractivity contribution is 7.89. The quantitative estimate of drug-likeness (QED) is 0.737. The molecule has 3 N–H and O–H groups in total. The van der Waals surface area contributed by atoms with E-state index in [1.807, 2.05) is 6.92 Å². The molecule has 0 aromatic heterocycles. The van der Waals surface area contributed by atoms with Gasteiger partial charge in [-0.1, -0.05) is 12.1 Å². The molecule has 2 atom stereocenters. The van der Waals surface area contributed by atoms with Crippen molar-refractivity contribution < 1.29 is 22.7 Å². The number of primary sulfonamides is 1. The molecule has 2 aromatic rings. The average molecular weight is 404 g/mol. The summed E-state index contributed by atoms with van der Waals surface area (Å²) in [6.45, 7) is 3.12. The monoisotopic (exact) mass is 404 g/mol. The summed E-state index contributed by atoms with van der Waals surface area (Å²) in [5.41, 5.74) is 1.29. The highest BCUT2D eigenvalue weighted by atomic mass is 32.2. The minimum absolute atomic E-state index is 0.0355. The van der Waals surface area contributed by atoms with E-state index in [0.29, 0.717) is 17.9 Å². The lowest BCUT2D eigenvalue weighted by atomic mass is 10.1. The van der Waals surface area contributed by atoms with Gasteiger partial charge in [-0.2, -0.15) is 0 Å². The molecule has 0 radical (unpaired) electrons. The second-order valence-corrected chi connectivity index (χ2v) is 8.34. The van der Waals surface area contributed by atoms with E-state index in [9.17, 15) is 13.2 Å². The van der Waals surface area contributed by atoms with Gasteiger partial charge in [-0.15, -0.1) is 0 Å². The lowest BCUT2D eigenvalue weighted by Crippen LogP contribution is -2.26. The molecule has 1 heterocycles. The number of rotatable bonds is 7. The number of benzene rings is 2. The second kappa shape index (κ2) is 8.72. The van der Waals surface area contributed by atoms with Gasteiger partial charge in [0.2, 0.25) is 10.0 Å². The van der Waals surface area contributed by atoms with E-state index in [-0.39, 0.29) is 22.9 Å². The summed E-state index contributed by atoms with van der Waals surface area (Å²) in [6, 6.07) is 12.7. The lowest BCUT2D eigenvalue weighted by Gasteiger charge is -2.15. The molecule has 1 aliphatic rings. The van der Waals surface area contributed by atoms with Crippen LogP contribution in [0.15, 0.2) is 53.4 Å². The van der Waals surface area contributed by atoms with Crippen molar-refractivity contribution in [2.45, 2.75) is 36.8 Å².